The van der Waals surface area contributed by atoms with Crippen molar-refractivity contribution in [2.45, 2.75) is 39.8 Å². The number of aromatic nitrogens is 2. The van der Waals surface area contributed by atoms with Crippen molar-refractivity contribution >= 4 is 5.82 Å². The lowest BCUT2D eigenvalue weighted by molar-refractivity contribution is 0.242. The molecule has 19 heavy (non-hydrogen) atoms. The third-order valence-corrected chi connectivity index (χ3v) is 2.50. The molecule has 0 aliphatic heterocycles. The van der Waals surface area contributed by atoms with Gasteiger partial charge in [0.05, 0.1) is 12.3 Å². The maximum Gasteiger partial charge on any atom is 0.216 e. The second kappa shape index (κ2) is 5.73. The standard InChI is InChI=1S/C14H19N3O2/c1-9(2)18-12-6-5-7-15-13(12)17-11(4)14-16-8-10(3)19-14/h5-9,11H,1-4H3,(H,15,17). The van der Waals surface area contributed by atoms with Crippen LogP contribution in [0.1, 0.15) is 38.5 Å². The maximum atomic E-state index is 5.71. The Labute approximate surface area is 113 Å². The number of hydrogen-bond donors (Lipinski definition) is 1. The minimum absolute atomic E-state index is 0.0712. The highest BCUT2D eigenvalue weighted by Gasteiger charge is 2.14. The average Bonchev–Trinajstić information content (AvgIpc) is 2.78. The first-order valence-corrected chi connectivity index (χ1v) is 6.37. The smallest absolute Gasteiger partial charge is 0.216 e. The van der Waals surface area contributed by atoms with Gasteiger partial charge in [-0.25, -0.2) is 9.97 Å². The van der Waals surface area contributed by atoms with Gasteiger partial charge in [-0.05, 0) is 39.8 Å². The molecule has 102 valence electrons. The fraction of sp³-hybridized carbons (Fsp3) is 0.429. The van der Waals surface area contributed by atoms with Crippen molar-refractivity contribution in [2.24, 2.45) is 0 Å². The largest absolute Gasteiger partial charge is 0.487 e. The molecule has 2 aromatic heterocycles. The summed E-state index contributed by atoms with van der Waals surface area (Å²) in [6.07, 6.45) is 3.53. The maximum absolute atomic E-state index is 5.71. The van der Waals surface area contributed by atoms with E-state index >= 15 is 0 Å². The SMILES string of the molecule is Cc1cnc(C(C)Nc2ncccc2OC(C)C)o1. The zero-order valence-electron chi connectivity index (χ0n) is 11.7. The second-order valence-corrected chi connectivity index (χ2v) is 4.69. The molecule has 5 nitrogen and oxygen atoms in total. The molecule has 0 aliphatic carbocycles. The van der Waals surface area contributed by atoms with Crippen LogP contribution in [-0.2, 0) is 0 Å². The van der Waals surface area contributed by atoms with Gasteiger partial charge in [-0.3, -0.25) is 0 Å². The van der Waals surface area contributed by atoms with Crippen LogP contribution in [0.25, 0.3) is 0 Å². The fourth-order valence-electron chi connectivity index (χ4n) is 1.69. The van der Waals surface area contributed by atoms with E-state index in [1.165, 1.54) is 0 Å². The van der Waals surface area contributed by atoms with Crippen LogP contribution < -0.4 is 10.1 Å². The topological polar surface area (TPSA) is 60.2 Å². The average molecular weight is 261 g/mol. The highest BCUT2D eigenvalue weighted by Crippen LogP contribution is 2.26. The summed E-state index contributed by atoms with van der Waals surface area (Å²) in [6, 6.07) is 3.67. The zero-order valence-corrected chi connectivity index (χ0v) is 11.7. The van der Waals surface area contributed by atoms with Crippen molar-refractivity contribution in [3.8, 4) is 5.75 Å². The highest BCUT2D eigenvalue weighted by molar-refractivity contribution is 5.50. The van der Waals surface area contributed by atoms with E-state index in [1.807, 2.05) is 39.8 Å². The highest BCUT2D eigenvalue weighted by atomic mass is 16.5. The second-order valence-electron chi connectivity index (χ2n) is 4.69. The Balaban J connectivity index is 2.14. The first-order valence-electron chi connectivity index (χ1n) is 6.37. The molecule has 0 amide bonds. The molecule has 0 fully saturated rings. The van der Waals surface area contributed by atoms with Gasteiger partial charge in [0.25, 0.3) is 0 Å². The third-order valence-electron chi connectivity index (χ3n) is 2.50. The van der Waals surface area contributed by atoms with Crippen LogP contribution in [0.4, 0.5) is 5.82 Å². The molecule has 1 unspecified atom stereocenters. The number of nitrogens with one attached hydrogen (secondary N) is 1. The number of hydrogen-bond acceptors (Lipinski definition) is 5. The number of oxazole rings is 1. The van der Waals surface area contributed by atoms with E-state index in [2.05, 4.69) is 15.3 Å². The van der Waals surface area contributed by atoms with Gasteiger partial charge >= 0.3 is 0 Å². The molecule has 1 atom stereocenters. The molecule has 0 aromatic carbocycles. The number of ether oxygens (including phenoxy) is 1. The summed E-state index contributed by atoms with van der Waals surface area (Å²) < 4.78 is 11.2. The first-order chi connectivity index (χ1) is 9.06. The zero-order chi connectivity index (χ0) is 13.8. The lowest BCUT2D eigenvalue weighted by Crippen LogP contribution is -2.12. The van der Waals surface area contributed by atoms with Crippen LogP contribution in [0, 0.1) is 6.92 Å². The molecule has 2 heterocycles. The van der Waals surface area contributed by atoms with E-state index in [0.717, 1.165) is 11.5 Å². The van der Waals surface area contributed by atoms with Gasteiger partial charge in [-0.15, -0.1) is 0 Å². The predicted molar refractivity (Wildman–Crippen MR) is 73.3 cm³/mol. The lowest BCUT2D eigenvalue weighted by atomic mass is 10.3. The Morgan fingerprint density at radius 2 is 2.05 bits per heavy atom. The Morgan fingerprint density at radius 3 is 2.68 bits per heavy atom. The third kappa shape index (κ3) is 3.47. The van der Waals surface area contributed by atoms with Gasteiger partial charge in [-0.1, -0.05) is 0 Å². The molecule has 1 N–H and O–H groups in total. The van der Waals surface area contributed by atoms with Gasteiger partial charge in [0.15, 0.2) is 11.6 Å². The van der Waals surface area contributed by atoms with Gasteiger partial charge < -0.3 is 14.5 Å². The Hall–Kier alpha value is -2.04. The van der Waals surface area contributed by atoms with Crippen molar-refractivity contribution in [2.75, 3.05) is 5.32 Å². The lowest BCUT2D eigenvalue weighted by Gasteiger charge is -2.16. The molecule has 2 rings (SSSR count). The van der Waals surface area contributed by atoms with Crippen LogP contribution in [0.5, 0.6) is 5.75 Å². The van der Waals surface area contributed by atoms with Crippen LogP contribution in [0.15, 0.2) is 28.9 Å². The van der Waals surface area contributed by atoms with Crippen LogP contribution in [0.3, 0.4) is 0 Å². The van der Waals surface area contributed by atoms with E-state index in [4.69, 9.17) is 9.15 Å². The quantitative estimate of drug-likeness (QED) is 0.894. The molecule has 0 radical (unpaired) electrons. The van der Waals surface area contributed by atoms with Crippen molar-refractivity contribution < 1.29 is 9.15 Å². The minimum Gasteiger partial charge on any atom is -0.487 e. The summed E-state index contributed by atoms with van der Waals surface area (Å²) >= 11 is 0. The number of anilines is 1. The molecule has 2 aromatic rings. The Kier molecular flexibility index (Phi) is 4.04. The van der Waals surface area contributed by atoms with Gasteiger partial charge in [0.2, 0.25) is 5.89 Å². The molecule has 0 saturated heterocycles. The first kappa shape index (κ1) is 13.4. The number of rotatable bonds is 5. The Bertz CT molecular complexity index is 537. The predicted octanol–water partition coefficient (Wildman–Crippen LogP) is 3.34. The van der Waals surface area contributed by atoms with E-state index in [0.29, 0.717) is 11.7 Å². The fourth-order valence-corrected chi connectivity index (χ4v) is 1.69. The summed E-state index contributed by atoms with van der Waals surface area (Å²) in [5.74, 6) is 2.86. The summed E-state index contributed by atoms with van der Waals surface area (Å²) in [4.78, 5) is 8.50. The summed E-state index contributed by atoms with van der Waals surface area (Å²) in [6.45, 7) is 7.81. The summed E-state index contributed by atoms with van der Waals surface area (Å²) in [5, 5.41) is 3.25. The summed E-state index contributed by atoms with van der Waals surface area (Å²) in [7, 11) is 0. The van der Waals surface area contributed by atoms with Crippen LogP contribution in [-0.4, -0.2) is 16.1 Å². The monoisotopic (exact) mass is 261 g/mol. The van der Waals surface area contributed by atoms with E-state index in [-0.39, 0.29) is 12.1 Å². The van der Waals surface area contributed by atoms with E-state index in [1.54, 1.807) is 12.4 Å². The number of nitrogens with zero attached hydrogens (tertiary/aromatic N) is 2. The van der Waals surface area contributed by atoms with Crippen molar-refractivity contribution in [3.05, 3.63) is 36.2 Å². The molecule has 0 saturated carbocycles. The van der Waals surface area contributed by atoms with E-state index < -0.39 is 0 Å². The van der Waals surface area contributed by atoms with Crippen molar-refractivity contribution in [3.63, 3.8) is 0 Å². The summed E-state index contributed by atoms with van der Waals surface area (Å²) in [5.41, 5.74) is 0. The molecule has 0 aliphatic rings. The normalized spacial score (nSPS) is 12.5. The molecule has 0 bridgehead atoms. The Morgan fingerprint density at radius 1 is 1.26 bits per heavy atom. The van der Waals surface area contributed by atoms with Gasteiger partial charge in [0.1, 0.15) is 11.8 Å². The van der Waals surface area contributed by atoms with Crippen LogP contribution in [0.2, 0.25) is 0 Å². The van der Waals surface area contributed by atoms with Crippen molar-refractivity contribution in [1.82, 2.24) is 9.97 Å². The van der Waals surface area contributed by atoms with Gasteiger partial charge in [0, 0.05) is 6.20 Å². The number of pyridine rings is 1. The minimum atomic E-state index is -0.0712. The molecule has 0 spiro atoms. The van der Waals surface area contributed by atoms with Crippen LogP contribution >= 0.6 is 0 Å². The van der Waals surface area contributed by atoms with Crippen molar-refractivity contribution in [1.29, 1.82) is 0 Å². The molecular formula is C14H19N3O2. The molecule has 5 heteroatoms. The molecular weight excluding hydrogens is 242 g/mol. The van der Waals surface area contributed by atoms with E-state index in [9.17, 15) is 0 Å². The van der Waals surface area contributed by atoms with Gasteiger partial charge in [-0.2, -0.15) is 0 Å². The number of aryl methyl sites for hydroxylation is 1.